The highest BCUT2D eigenvalue weighted by molar-refractivity contribution is 7.86. The van der Waals surface area contributed by atoms with Crippen molar-refractivity contribution in [2.45, 2.75) is 32.1 Å². The van der Waals surface area contributed by atoms with Crippen LogP contribution in [0.5, 0.6) is 17.2 Å². The van der Waals surface area contributed by atoms with E-state index in [2.05, 4.69) is 5.32 Å². The molecule has 0 saturated heterocycles. The summed E-state index contributed by atoms with van der Waals surface area (Å²) in [6.07, 6.45) is 0. The molecule has 0 aliphatic carbocycles. The van der Waals surface area contributed by atoms with E-state index in [9.17, 15) is 4.21 Å². The van der Waals surface area contributed by atoms with Gasteiger partial charge in [0.05, 0.1) is 21.3 Å². The highest BCUT2D eigenvalue weighted by Gasteiger charge is 2.18. The number of rotatable bonds is 8. The fourth-order valence-electron chi connectivity index (χ4n) is 1.94. The van der Waals surface area contributed by atoms with Crippen molar-refractivity contribution in [3.05, 3.63) is 17.7 Å². The van der Waals surface area contributed by atoms with Crippen LogP contribution in [0.15, 0.2) is 12.1 Å². The van der Waals surface area contributed by atoms with E-state index >= 15 is 0 Å². The van der Waals surface area contributed by atoms with E-state index in [0.717, 1.165) is 5.56 Å². The van der Waals surface area contributed by atoms with Gasteiger partial charge in [0.2, 0.25) is 5.75 Å². The summed E-state index contributed by atoms with van der Waals surface area (Å²) in [5.74, 6) is 2.49. The molecule has 5 nitrogen and oxygen atoms in total. The Labute approximate surface area is 135 Å². The van der Waals surface area contributed by atoms with Gasteiger partial charge in [-0.2, -0.15) is 0 Å². The van der Waals surface area contributed by atoms with Gasteiger partial charge in [-0.05, 0) is 38.5 Å². The van der Waals surface area contributed by atoms with Gasteiger partial charge < -0.3 is 19.5 Å². The Kier molecular flexibility index (Phi) is 7.16. The largest absolute Gasteiger partial charge is 0.493 e. The second kappa shape index (κ2) is 8.39. The number of ether oxygens (including phenoxy) is 3. The number of methoxy groups -OCH3 is 3. The van der Waals surface area contributed by atoms with Gasteiger partial charge in [-0.3, -0.25) is 4.21 Å². The van der Waals surface area contributed by atoms with Crippen LogP contribution >= 0.6 is 0 Å². The lowest BCUT2D eigenvalue weighted by Crippen LogP contribution is -2.29. The average Bonchev–Trinajstić information content (AvgIpc) is 2.49. The Bertz CT molecular complexity index is 486. The van der Waals surface area contributed by atoms with Gasteiger partial charge in [0.25, 0.3) is 0 Å². The minimum atomic E-state index is -0.844. The normalized spacial score (nSPS) is 12.8. The Hall–Kier alpha value is -1.27. The van der Waals surface area contributed by atoms with Crippen LogP contribution in [0.1, 0.15) is 26.3 Å². The van der Waals surface area contributed by atoms with E-state index in [1.165, 1.54) is 0 Å². The summed E-state index contributed by atoms with van der Waals surface area (Å²) in [5, 5.41) is 3.30. The van der Waals surface area contributed by atoms with Crippen LogP contribution < -0.4 is 19.5 Å². The first-order chi connectivity index (χ1) is 10.3. The quantitative estimate of drug-likeness (QED) is 0.742. The fraction of sp³-hybridized carbons (Fsp3) is 0.625. The number of hydrogen-bond acceptors (Lipinski definition) is 5. The van der Waals surface area contributed by atoms with Crippen LogP contribution in [0.4, 0.5) is 0 Å². The lowest BCUT2D eigenvalue weighted by molar-refractivity contribution is 0.323. The lowest BCUT2D eigenvalue weighted by Gasteiger charge is -2.18. The summed E-state index contributed by atoms with van der Waals surface area (Å²) < 4.78 is 27.8. The molecule has 0 fully saturated rings. The van der Waals surface area contributed by atoms with Gasteiger partial charge in [0.1, 0.15) is 0 Å². The smallest absolute Gasteiger partial charge is 0.203 e. The molecule has 1 aromatic rings. The fourth-order valence-corrected chi connectivity index (χ4v) is 2.88. The standard InChI is InChI=1S/C16H27NO4S/c1-16(2,3)22(18)8-7-17-11-12-9-13(19-4)15(21-6)14(10-12)20-5/h9-10,17H,7-8,11H2,1-6H3. The van der Waals surface area contributed by atoms with Gasteiger partial charge in [-0.25, -0.2) is 0 Å². The molecule has 1 aromatic carbocycles. The second-order valence-corrected chi connectivity index (χ2v) is 8.20. The maximum atomic E-state index is 12.0. The molecule has 0 aliphatic heterocycles. The van der Waals surface area contributed by atoms with Crippen molar-refractivity contribution in [1.29, 1.82) is 0 Å². The Balaban J connectivity index is 2.65. The molecule has 1 unspecified atom stereocenters. The molecule has 0 bridgehead atoms. The third-order valence-electron chi connectivity index (χ3n) is 3.20. The molecule has 22 heavy (non-hydrogen) atoms. The molecule has 0 radical (unpaired) electrons. The summed E-state index contributed by atoms with van der Waals surface area (Å²) in [6, 6.07) is 3.82. The highest BCUT2D eigenvalue weighted by atomic mass is 32.2. The average molecular weight is 329 g/mol. The van der Waals surface area contributed by atoms with Gasteiger partial charge in [-0.15, -0.1) is 0 Å². The second-order valence-electron chi connectivity index (χ2n) is 5.87. The van der Waals surface area contributed by atoms with Crippen molar-refractivity contribution >= 4 is 10.8 Å². The van der Waals surface area contributed by atoms with E-state index in [1.807, 2.05) is 32.9 Å². The predicted octanol–water partition coefficient (Wildman–Crippen LogP) is 2.35. The monoisotopic (exact) mass is 329 g/mol. The molecule has 126 valence electrons. The molecule has 0 heterocycles. The zero-order valence-corrected chi connectivity index (χ0v) is 15.1. The topological polar surface area (TPSA) is 56.8 Å². The predicted molar refractivity (Wildman–Crippen MR) is 90.6 cm³/mol. The molecule has 0 aliphatic rings. The SMILES string of the molecule is COc1cc(CNCCS(=O)C(C)(C)C)cc(OC)c1OC. The summed E-state index contributed by atoms with van der Waals surface area (Å²) >= 11 is 0. The summed E-state index contributed by atoms with van der Waals surface area (Å²) in [7, 11) is 3.94. The van der Waals surface area contributed by atoms with E-state index in [1.54, 1.807) is 21.3 Å². The zero-order chi connectivity index (χ0) is 16.8. The molecule has 1 atom stereocenters. The van der Waals surface area contributed by atoms with Gasteiger partial charge in [0.15, 0.2) is 11.5 Å². The van der Waals surface area contributed by atoms with Crippen LogP contribution in [0, 0.1) is 0 Å². The minimum absolute atomic E-state index is 0.172. The minimum Gasteiger partial charge on any atom is -0.493 e. The molecule has 0 spiro atoms. The maximum Gasteiger partial charge on any atom is 0.203 e. The van der Waals surface area contributed by atoms with Gasteiger partial charge in [-0.1, -0.05) is 0 Å². The summed E-state index contributed by atoms with van der Waals surface area (Å²) in [5.41, 5.74) is 1.02. The van der Waals surface area contributed by atoms with Crippen molar-refractivity contribution in [3.8, 4) is 17.2 Å². The molecule has 0 aromatic heterocycles. The van der Waals surface area contributed by atoms with Gasteiger partial charge in [0, 0.05) is 34.4 Å². The van der Waals surface area contributed by atoms with Gasteiger partial charge >= 0.3 is 0 Å². The first-order valence-electron chi connectivity index (χ1n) is 7.21. The summed E-state index contributed by atoms with van der Waals surface area (Å²) in [4.78, 5) is 0. The van der Waals surface area contributed by atoms with Crippen molar-refractivity contribution < 1.29 is 18.4 Å². The highest BCUT2D eigenvalue weighted by Crippen LogP contribution is 2.38. The zero-order valence-electron chi connectivity index (χ0n) is 14.3. The lowest BCUT2D eigenvalue weighted by atomic mass is 10.2. The van der Waals surface area contributed by atoms with E-state index in [0.29, 0.717) is 36.1 Å². The van der Waals surface area contributed by atoms with Crippen LogP contribution in [0.25, 0.3) is 0 Å². The molecular formula is C16H27NO4S. The number of hydrogen-bond donors (Lipinski definition) is 1. The maximum absolute atomic E-state index is 12.0. The molecule has 1 rings (SSSR count). The number of benzene rings is 1. The van der Waals surface area contributed by atoms with Crippen molar-refractivity contribution in [2.75, 3.05) is 33.6 Å². The van der Waals surface area contributed by atoms with Crippen molar-refractivity contribution in [1.82, 2.24) is 5.32 Å². The number of nitrogens with one attached hydrogen (secondary N) is 1. The Morgan fingerprint density at radius 3 is 2.00 bits per heavy atom. The molecular weight excluding hydrogens is 302 g/mol. The first kappa shape index (κ1) is 18.8. The van der Waals surface area contributed by atoms with Crippen molar-refractivity contribution in [2.24, 2.45) is 0 Å². The first-order valence-corrected chi connectivity index (χ1v) is 8.53. The molecule has 0 amide bonds. The van der Waals surface area contributed by atoms with E-state index in [4.69, 9.17) is 14.2 Å². The van der Waals surface area contributed by atoms with E-state index in [-0.39, 0.29) is 4.75 Å². The van der Waals surface area contributed by atoms with Crippen LogP contribution in [-0.2, 0) is 17.3 Å². The van der Waals surface area contributed by atoms with Crippen LogP contribution in [0.2, 0.25) is 0 Å². The molecule has 1 N–H and O–H groups in total. The third-order valence-corrected chi connectivity index (χ3v) is 5.14. The molecule has 6 heteroatoms. The Morgan fingerprint density at radius 2 is 1.59 bits per heavy atom. The molecule has 0 saturated carbocycles. The Morgan fingerprint density at radius 1 is 1.05 bits per heavy atom. The summed E-state index contributed by atoms with van der Waals surface area (Å²) in [6.45, 7) is 7.31. The van der Waals surface area contributed by atoms with Crippen LogP contribution in [-0.4, -0.2) is 42.6 Å². The van der Waals surface area contributed by atoms with Crippen LogP contribution in [0.3, 0.4) is 0 Å². The van der Waals surface area contributed by atoms with Crippen molar-refractivity contribution in [3.63, 3.8) is 0 Å². The van der Waals surface area contributed by atoms with E-state index < -0.39 is 10.8 Å². The third kappa shape index (κ3) is 5.18.